The van der Waals surface area contributed by atoms with Crippen molar-refractivity contribution < 1.29 is 4.79 Å². The Balaban J connectivity index is 2.02. The van der Waals surface area contributed by atoms with E-state index in [4.69, 9.17) is 11.6 Å². The fourth-order valence-corrected chi connectivity index (χ4v) is 2.94. The molecule has 2 aliphatic carbocycles. The lowest BCUT2D eigenvalue weighted by atomic mass is 9.86. The van der Waals surface area contributed by atoms with Crippen molar-refractivity contribution >= 4 is 17.4 Å². The summed E-state index contributed by atoms with van der Waals surface area (Å²) < 4.78 is 0. The maximum atomic E-state index is 11.3. The van der Waals surface area contributed by atoms with Gasteiger partial charge in [-0.2, -0.15) is 0 Å². The van der Waals surface area contributed by atoms with Crippen LogP contribution in [0.25, 0.3) is 0 Å². The minimum atomic E-state index is 0.230. The smallest absolute Gasteiger partial charge is 0.150 e. The predicted molar refractivity (Wildman–Crippen MR) is 44.7 cm³/mol. The lowest BCUT2D eigenvalue weighted by Crippen LogP contribution is -2.21. The number of rotatable bonds is 2. The topological polar surface area (TPSA) is 17.1 Å². The summed E-state index contributed by atoms with van der Waals surface area (Å²) in [5.74, 6) is 2.42. The number of hydrogen-bond acceptors (Lipinski definition) is 1. The highest BCUT2D eigenvalue weighted by Gasteiger charge is 2.42. The monoisotopic (exact) mass is 172 g/mol. The van der Waals surface area contributed by atoms with Crippen molar-refractivity contribution in [1.82, 2.24) is 0 Å². The van der Waals surface area contributed by atoms with Crippen LogP contribution in [-0.2, 0) is 4.79 Å². The van der Waals surface area contributed by atoms with E-state index in [1.807, 2.05) is 0 Å². The summed E-state index contributed by atoms with van der Waals surface area (Å²) in [4.78, 5) is 11.3. The molecule has 2 rings (SSSR count). The molecule has 0 amide bonds. The third-order valence-electron chi connectivity index (χ3n) is 3.28. The SMILES string of the molecule is O=C(CCl)[C@@H]1C[C@H]2CC[C@H]1C2. The van der Waals surface area contributed by atoms with E-state index in [2.05, 4.69) is 0 Å². The molecule has 2 saturated carbocycles. The van der Waals surface area contributed by atoms with E-state index >= 15 is 0 Å². The number of carbonyl (C=O) groups excluding carboxylic acids is 1. The van der Waals surface area contributed by atoms with Gasteiger partial charge in [0.2, 0.25) is 0 Å². The Bertz CT molecular complexity index is 178. The van der Waals surface area contributed by atoms with Crippen LogP contribution in [0.2, 0.25) is 0 Å². The Morgan fingerprint density at radius 1 is 1.36 bits per heavy atom. The molecule has 0 radical (unpaired) electrons. The molecule has 1 nitrogen and oxygen atoms in total. The minimum absolute atomic E-state index is 0.230. The van der Waals surface area contributed by atoms with E-state index in [-0.39, 0.29) is 5.88 Å². The van der Waals surface area contributed by atoms with Gasteiger partial charge in [-0.1, -0.05) is 6.42 Å². The molecule has 0 aromatic rings. The summed E-state index contributed by atoms with van der Waals surface area (Å²) in [7, 11) is 0. The van der Waals surface area contributed by atoms with Crippen molar-refractivity contribution in [2.75, 3.05) is 5.88 Å². The van der Waals surface area contributed by atoms with Crippen molar-refractivity contribution in [2.24, 2.45) is 17.8 Å². The standard InChI is InChI=1S/C9H13ClO/c10-5-9(11)8-4-6-1-2-7(8)3-6/h6-8H,1-5H2/t6-,7-,8+/m0/s1. The van der Waals surface area contributed by atoms with Gasteiger partial charge in [0.1, 0.15) is 0 Å². The van der Waals surface area contributed by atoms with Crippen molar-refractivity contribution in [2.45, 2.75) is 25.7 Å². The van der Waals surface area contributed by atoms with Crippen LogP contribution in [0, 0.1) is 17.8 Å². The fourth-order valence-electron chi connectivity index (χ4n) is 2.74. The maximum Gasteiger partial charge on any atom is 0.150 e. The Kier molecular flexibility index (Phi) is 1.92. The van der Waals surface area contributed by atoms with Gasteiger partial charge in [-0.3, -0.25) is 4.79 Å². The molecule has 3 atom stereocenters. The van der Waals surface area contributed by atoms with E-state index in [0.717, 1.165) is 12.3 Å². The zero-order valence-electron chi connectivity index (χ0n) is 6.55. The second-order valence-corrected chi connectivity index (χ2v) is 4.15. The molecule has 0 N–H and O–H groups in total. The van der Waals surface area contributed by atoms with Crippen LogP contribution in [0.15, 0.2) is 0 Å². The first kappa shape index (κ1) is 7.60. The molecule has 2 bridgehead atoms. The second-order valence-electron chi connectivity index (χ2n) is 3.88. The van der Waals surface area contributed by atoms with E-state index in [1.165, 1.54) is 19.3 Å². The van der Waals surface area contributed by atoms with Crippen LogP contribution < -0.4 is 0 Å². The summed E-state index contributed by atoms with van der Waals surface area (Å²) in [5, 5.41) is 0. The Morgan fingerprint density at radius 2 is 2.18 bits per heavy atom. The van der Waals surface area contributed by atoms with Crippen molar-refractivity contribution in [3.63, 3.8) is 0 Å². The van der Waals surface area contributed by atoms with Crippen LogP contribution in [-0.4, -0.2) is 11.7 Å². The molecule has 0 aromatic heterocycles. The van der Waals surface area contributed by atoms with Gasteiger partial charge in [0.15, 0.2) is 5.78 Å². The van der Waals surface area contributed by atoms with Gasteiger partial charge < -0.3 is 0 Å². The van der Waals surface area contributed by atoms with Gasteiger partial charge in [0.05, 0.1) is 5.88 Å². The van der Waals surface area contributed by atoms with Gasteiger partial charge in [0, 0.05) is 5.92 Å². The number of halogens is 1. The summed E-state index contributed by atoms with van der Waals surface area (Å²) in [6, 6.07) is 0. The highest BCUT2D eigenvalue weighted by molar-refractivity contribution is 6.27. The van der Waals surface area contributed by atoms with Crippen molar-refractivity contribution in [3.8, 4) is 0 Å². The summed E-state index contributed by atoms with van der Waals surface area (Å²) in [6.07, 6.45) is 5.07. The molecule has 2 fully saturated rings. The number of hydrogen-bond donors (Lipinski definition) is 0. The average Bonchev–Trinajstić information content (AvgIpc) is 2.62. The molecule has 0 saturated heterocycles. The lowest BCUT2D eigenvalue weighted by molar-refractivity contribution is -0.121. The fraction of sp³-hybridized carbons (Fsp3) is 0.889. The molecule has 11 heavy (non-hydrogen) atoms. The molecular weight excluding hydrogens is 160 g/mol. The normalized spacial score (nSPS) is 41.4. The van der Waals surface area contributed by atoms with Gasteiger partial charge in [-0.15, -0.1) is 11.6 Å². The molecule has 2 aliphatic rings. The molecule has 62 valence electrons. The number of ketones is 1. The molecule has 0 unspecified atom stereocenters. The van der Waals surface area contributed by atoms with Gasteiger partial charge in [-0.05, 0) is 31.1 Å². The van der Waals surface area contributed by atoms with Crippen molar-refractivity contribution in [1.29, 1.82) is 0 Å². The maximum absolute atomic E-state index is 11.3. The number of alkyl halides is 1. The number of Topliss-reactive ketones (excluding diaryl/α,β-unsaturated/α-hetero) is 1. The first-order valence-electron chi connectivity index (χ1n) is 4.40. The molecule has 0 heterocycles. The summed E-state index contributed by atoms with van der Waals surface area (Å²) in [6.45, 7) is 0. The molecule has 0 aromatic carbocycles. The van der Waals surface area contributed by atoms with Crippen LogP contribution >= 0.6 is 11.6 Å². The Hall–Kier alpha value is -0.0400. The zero-order chi connectivity index (χ0) is 7.84. The van der Waals surface area contributed by atoms with Gasteiger partial charge in [-0.25, -0.2) is 0 Å². The van der Waals surface area contributed by atoms with Gasteiger partial charge in [0.25, 0.3) is 0 Å². The summed E-state index contributed by atoms with van der Waals surface area (Å²) >= 11 is 5.52. The number of fused-ring (bicyclic) bond motifs is 2. The molecule has 0 spiro atoms. The predicted octanol–water partition coefficient (Wildman–Crippen LogP) is 2.23. The molecule has 2 heteroatoms. The Labute approximate surface area is 72.1 Å². The van der Waals surface area contributed by atoms with E-state index in [0.29, 0.717) is 17.6 Å². The number of carbonyl (C=O) groups is 1. The average molecular weight is 173 g/mol. The van der Waals surface area contributed by atoms with E-state index < -0.39 is 0 Å². The minimum Gasteiger partial charge on any atom is -0.298 e. The first-order valence-corrected chi connectivity index (χ1v) is 4.93. The van der Waals surface area contributed by atoms with Crippen LogP contribution in [0.4, 0.5) is 0 Å². The third-order valence-corrected chi connectivity index (χ3v) is 3.55. The quantitative estimate of drug-likeness (QED) is 0.584. The highest BCUT2D eigenvalue weighted by Crippen LogP contribution is 2.48. The largest absolute Gasteiger partial charge is 0.298 e. The Morgan fingerprint density at radius 3 is 2.64 bits per heavy atom. The van der Waals surface area contributed by atoms with Crippen molar-refractivity contribution in [3.05, 3.63) is 0 Å². The molecule has 0 aliphatic heterocycles. The van der Waals surface area contributed by atoms with E-state index in [9.17, 15) is 4.79 Å². The first-order chi connectivity index (χ1) is 5.31. The van der Waals surface area contributed by atoms with Crippen LogP contribution in [0.3, 0.4) is 0 Å². The lowest BCUT2D eigenvalue weighted by Gasteiger charge is -2.18. The molecular formula is C9H13ClO. The highest BCUT2D eigenvalue weighted by atomic mass is 35.5. The zero-order valence-corrected chi connectivity index (χ0v) is 7.31. The van der Waals surface area contributed by atoms with Gasteiger partial charge >= 0.3 is 0 Å². The van der Waals surface area contributed by atoms with Crippen LogP contribution in [0.5, 0.6) is 0 Å². The third kappa shape index (κ3) is 1.20. The second kappa shape index (κ2) is 2.78. The van der Waals surface area contributed by atoms with Crippen LogP contribution in [0.1, 0.15) is 25.7 Å². The van der Waals surface area contributed by atoms with E-state index in [1.54, 1.807) is 0 Å². The summed E-state index contributed by atoms with van der Waals surface area (Å²) in [5.41, 5.74) is 0.